The van der Waals surface area contributed by atoms with Gasteiger partial charge in [0.2, 0.25) is 0 Å². The van der Waals surface area contributed by atoms with Crippen molar-refractivity contribution in [1.82, 2.24) is 4.98 Å². The van der Waals surface area contributed by atoms with Crippen LogP contribution in [0.1, 0.15) is 10.5 Å². The fourth-order valence-electron chi connectivity index (χ4n) is 0.834. The van der Waals surface area contributed by atoms with E-state index < -0.39 is 4.84 Å². The molecule has 0 saturated carbocycles. The standard InChI is InChI=1S/C8H10Cl2N2/c1-12(2)6-3-4-11-7(5-6)8(9)10/h3-5,8H,1-2H3. The maximum absolute atomic E-state index is 5.66. The predicted octanol–water partition coefficient (Wildman–Crippen LogP) is 2.62. The van der Waals surface area contributed by atoms with Gasteiger partial charge in [0.25, 0.3) is 0 Å². The summed E-state index contributed by atoms with van der Waals surface area (Å²) in [7, 11) is 3.91. The molecule has 0 N–H and O–H groups in total. The highest BCUT2D eigenvalue weighted by Crippen LogP contribution is 2.24. The summed E-state index contributed by atoms with van der Waals surface area (Å²) in [6, 6.07) is 3.77. The summed E-state index contributed by atoms with van der Waals surface area (Å²) in [5.74, 6) is 0. The Balaban J connectivity index is 2.96. The summed E-state index contributed by atoms with van der Waals surface area (Å²) in [6.07, 6.45) is 1.70. The van der Waals surface area contributed by atoms with Gasteiger partial charge in [-0.3, -0.25) is 4.98 Å². The third-order valence-electron chi connectivity index (χ3n) is 1.50. The topological polar surface area (TPSA) is 16.1 Å². The Labute approximate surface area is 82.1 Å². The minimum atomic E-state index is -0.551. The first kappa shape index (κ1) is 9.62. The van der Waals surface area contributed by atoms with E-state index in [2.05, 4.69) is 4.98 Å². The second-order valence-corrected chi connectivity index (χ2v) is 3.73. The molecule has 0 aliphatic heterocycles. The van der Waals surface area contributed by atoms with Gasteiger partial charge >= 0.3 is 0 Å². The molecule has 0 aromatic carbocycles. The second-order valence-electron chi connectivity index (χ2n) is 2.63. The Morgan fingerprint density at radius 3 is 2.58 bits per heavy atom. The molecule has 0 saturated heterocycles. The first-order valence-corrected chi connectivity index (χ1v) is 4.40. The van der Waals surface area contributed by atoms with Crippen LogP contribution in [0.2, 0.25) is 0 Å². The van der Waals surface area contributed by atoms with Crippen molar-refractivity contribution < 1.29 is 0 Å². The van der Waals surface area contributed by atoms with Gasteiger partial charge < -0.3 is 4.90 Å². The van der Waals surface area contributed by atoms with Gasteiger partial charge in [-0.1, -0.05) is 23.2 Å². The molecule has 0 unspecified atom stereocenters. The van der Waals surface area contributed by atoms with Crippen molar-refractivity contribution in [3.63, 3.8) is 0 Å². The molecule has 0 fully saturated rings. The van der Waals surface area contributed by atoms with E-state index in [9.17, 15) is 0 Å². The molecule has 12 heavy (non-hydrogen) atoms. The van der Waals surface area contributed by atoms with Gasteiger partial charge in [-0.2, -0.15) is 0 Å². The number of aromatic nitrogens is 1. The lowest BCUT2D eigenvalue weighted by atomic mass is 10.3. The fourth-order valence-corrected chi connectivity index (χ4v) is 1.07. The number of alkyl halides is 2. The third kappa shape index (κ3) is 2.26. The maximum Gasteiger partial charge on any atom is 0.149 e. The highest BCUT2D eigenvalue weighted by Gasteiger charge is 2.05. The lowest BCUT2D eigenvalue weighted by molar-refractivity contribution is 1.08. The highest BCUT2D eigenvalue weighted by molar-refractivity contribution is 6.43. The molecule has 0 atom stereocenters. The molecule has 1 aromatic rings. The van der Waals surface area contributed by atoms with E-state index in [1.54, 1.807) is 6.20 Å². The first-order valence-electron chi connectivity index (χ1n) is 3.52. The monoisotopic (exact) mass is 204 g/mol. The summed E-state index contributed by atoms with van der Waals surface area (Å²) in [6.45, 7) is 0. The molecule has 1 heterocycles. The summed E-state index contributed by atoms with van der Waals surface area (Å²) < 4.78 is 0. The molecular formula is C8H10Cl2N2. The van der Waals surface area contributed by atoms with Crippen LogP contribution in [0.15, 0.2) is 18.3 Å². The van der Waals surface area contributed by atoms with Gasteiger partial charge in [0.1, 0.15) is 4.84 Å². The van der Waals surface area contributed by atoms with Gasteiger partial charge in [-0.15, -0.1) is 0 Å². The zero-order valence-corrected chi connectivity index (χ0v) is 8.47. The van der Waals surface area contributed by atoms with Crippen molar-refractivity contribution in [2.45, 2.75) is 4.84 Å². The first-order chi connectivity index (χ1) is 5.61. The Morgan fingerprint density at radius 1 is 1.42 bits per heavy atom. The van der Waals surface area contributed by atoms with Crippen LogP contribution in [0.5, 0.6) is 0 Å². The normalized spacial score (nSPS) is 10.4. The Hall–Kier alpha value is -0.470. The quantitative estimate of drug-likeness (QED) is 0.690. The Kier molecular flexibility index (Phi) is 3.18. The molecule has 1 aromatic heterocycles. The van der Waals surface area contributed by atoms with Crippen LogP contribution in [-0.4, -0.2) is 19.1 Å². The van der Waals surface area contributed by atoms with E-state index in [1.807, 2.05) is 31.1 Å². The molecule has 4 heteroatoms. The Bertz CT molecular complexity index is 238. The van der Waals surface area contributed by atoms with Gasteiger partial charge in [-0.25, -0.2) is 0 Å². The fraction of sp³-hybridized carbons (Fsp3) is 0.375. The largest absolute Gasteiger partial charge is 0.378 e. The van der Waals surface area contributed by atoms with Crippen molar-refractivity contribution in [2.75, 3.05) is 19.0 Å². The number of hydrogen-bond donors (Lipinski definition) is 0. The van der Waals surface area contributed by atoms with Crippen molar-refractivity contribution in [1.29, 1.82) is 0 Å². The highest BCUT2D eigenvalue weighted by atomic mass is 35.5. The van der Waals surface area contributed by atoms with Crippen LogP contribution in [0.25, 0.3) is 0 Å². The van der Waals surface area contributed by atoms with Crippen LogP contribution >= 0.6 is 23.2 Å². The van der Waals surface area contributed by atoms with Crippen LogP contribution in [0.4, 0.5) is 5.69 Å². The molecule has 0 aliphatic rings. The minimum absolute atomic E-state index is 0.551. The van der Waals surface area contributed by atoms with E-state index in [-0.39, 0.29) is 0 Å². The number of hydrogen-bond acceptors (Lipinski definition) is 2. The maximum atomic E-state index is 5.66. The molecular weight excluding hydrogens is 195 g/mol. The molecule has 0 amide bonds. The van der Waals surface area contributed by atoms with Gasteiger partial charge in [0.05, 0.1) is 5.69 Å². The average Bonchev–Trinajstić information content (AvgIpc) is 2.04. The molecule has 0 spiro atoms. The van der Waals surface area contributed by atoms with Crippen molar-refractivity contribution in [3.05, 3.63) is 24.0 Å². The van der Waals surface area contributed by atoms with Crippen LogP contribution < -0.4 is 4.90 Å². The van der Waals surface area contributed by atoms with Gasteiger partial charge in [-0.05, 0) is 12.1 Å². The molecule has 2 nitrogen and oxygen atoms in total. The van der Waals surface area contributed by atoms with E-state index in [0.29, 0.717) is 5.69 Å². The van der Waals surface area contributed by atoms with Crippen LogP contribution in [0, 0.1) is 0 Å². The SMILES string of the molecule is CN(C)c1ccnc(C(Cl)Cl)c1. The van der Waals surface area contributed by atoms with Crippen molar-refractivity contribution >= 4 is 28.9 Å². The number of anilines is 1. The van der Waals surface area contributed by atoms with E-state index >= 15 is 0 Å². The van der Waals surface area contributed by atoms with Gasteiger partial charge in [0.15, 0.2) is 0 Å². The number of rotatable bonds is 2. The summed E-state index contributed by atoms with van der Waals surface area (Å²) in [5, 5.41) is 0. The van der Waals surface area contributed by atoms with E-state index in [0.717, 1.165) is 5.69 Å². The number of halogens is 2. The van der Waals surface area contributed by atoms with Gasteiger partial charge in [0, 0.05) is 26.0 Å². The number of nitrogens with zero attached hydrogens (tertiary/aromatic N) is 2. The smallest absolute Gasteiger partial charge is 0.149 e. The Morgan fingerprint density at radius 2 is 2.08 bits per heavy atom. The van der Waals surface area contributed by atoms with E-state index in [4.69, 9.17) is 23.2 Å². The molecule has 0 bridgehead atoms. The average molecular weight is 205 g/mol. The molecule has 0 aliphatic carbocycles. The van der Waals surface area contributed by atoms with Crippen LogP contribution in [0.3, 0.4) is 0 Å². The lowest BCUT2D eigenvalue weighted by Gasteiger charge is -2.12. The zero-order valence-electron chi connectivity index (χ0n) is 6.96. The van der Waals surface area contributed by atoms with Crippen molar-refractivity contribution in [3.8, 4) is 0 Å². The molecule has 0 radical (unpaired) electrons. The summed E-state index contributed by atoms with van der Waals surface area (Å²) >= 11 is 11.3. The number of pyridine rings is 1. The second kappa shape index (κ2) is 3.97. The summed E-state index contributed by atoms with van der Waals surface area (Å²) in [4.78, 5) is 5.45. The lowest BCUT2D eigenvalue weighted by Crippen LogP contribution is -2.09. The molecule has 1 rings (SSSR count). The molecule has 66 valence electrons. The summed E-state index contributed by atoms with van der Waals surface area (Å²) in [5.41, 5.74) is 1.73. The predicted molar refractivity (Wildman–Crippen MR) is 53.0 cm³/mol. The zero-order chi connectivity index (χ0) is 9.14. The van der Waals surface area contributed by atoms with Crippen molar-refractivity contribution in [2.24, 2.45) is 0 Å². The van der Waals surface area contributed by atoms with Crippen LogP contribution in [-0.2, 0) is 0 Å². The van der Waals surface area contributed by atoms with E-state index in [1.165, 1.54) is 0 Å². The third-order valence-corrected chi connectivity index (χ3v) is 1.95. The minimum Gasteiger partial charge on any atom is -0.378 e.